The van der Waals surface area contributed by atoms with E-state index in [-0.39, 0.29) is 23.7 Å². The van der Waals surface area contributed by atoms with Crippen LogP contribution in [-0.4, -0.2) is 20.6 Å². The first-order valence-corrected chi connectivity index (χ1v) is 7.69. The maximum Gasteiger partial charge on any atom is 0.293 e. The average Bonchev–Trinajstić information content (AvgIpc) is 2.77. The molecular formula is C14H15IN4O3. The largest absolute Gasteiger partial charge is 0.320 e. The molecule has 1 heterocycles. The van der Waals surface area contributed by atoms with Crippen LogP contribution in [0.25, 0.3) is 0 Å². The number of nitrogens with zero attached hydrogens (tertiary/aromatic N) is 3. The molecule has 0 bridgehead atoms. The second-order valence-corrected chi connectivity index (χ2v) is 6.06. The number of benzene rings is 1. The third-order valence-corrected chi connectivity index (χ3v) is 4.14. The van der Waals surface area contributed by atoms with E-state index in [1.54, 1.807) is 23.7 Å². The zero-order valence-corrected chi connectivity index (χ0v) is 14.3. The summed E-state index contributed by atoms with van der Waals surface area (Å²) < 4.78 is 2.73. The molecule has 0 atom stereocenters. The van der Waals surface area contributed by atoms with Gasteiger partial charge in [-0.3, -0.25) is 19.6 Å². The Morgan fingerprint density at radius 3 is 2.77 bits per heavy atom. The number of halogens is 1. The minimum Gasteiger partial charge on any atom is -0.320 e. The highest BCUT2D eigenvalue weighted by Crippen LogP contribution is 2.25. The Labute approximate surface area is 141 Å². The second-order valence-electron chi connectivity index (χ2n) is 4.90. The van der Waals surface area contributed by atoms with Crippen LogP contribution in [0.4, 0.5) is 11.4 Å². The summed E-state index contributed by atoms with van der Waals surface area (Å²) >= 11 is 2.18. The Morgan fingerprint density at radius 2 is 2.18 bits per heavy atom. The van der Waals surface area contributed by atoms with Gasteiger partial charge < -0.3 is 5.32 Å². The first-order chi connectivity index (χ1) is 10.4. The molecule has 1 aromatic heterocycles. The molecule has 0 aliphatic carbocycles. The number of nitrogens with one attached hydrogen (secondary N) is 1. The number of aryl methyl sites for hydroxylation is 3. The van der Waals surface area contributed by atoms with Crippen molar-refractivity contribution in [1.82, 2.24) is 9.78 Å². The van der Waals surface area contributed by atoms with E-state index in [9.17, 15) is 14.9 Å². The van der Waals surface area contributed by atoms with Crippen LogP contribution in [0.2, 0.25) is 0 Å². The van der Waals surface area contributed by atoms with Gasteiger partial charge in [-0.1, -0.05) is 6.07 Å². The van der Waals surface area contributed by atoms with Gasteiger partial charge in [-0.2, -0.15) is 5.10 Å². The molecule has 22 heavy (non-hydrogen) atoms. The molecule has 2 aromatic rings. The van der Waals surface area contributed by atoms with E-state index in [4.69, 9.17) is 0 Å². The Hall–Kier alpha value is -1.97. The average molecular weight is 414 g/mol. The lowest BCUT2D eigenvalue weighted by atomic mass is 10.2. The van der Waals surface area contributed by atoms with Gasteiger partial charge in [0.1, 0.15) is 5.69 Å². The molecule has 7 nitrogen and oxygen atoms in total. The van der Waals surface area contributed by atoms with Crippen molar-refractivity contribution in [3.8, 4) is 0 Å². The van der Waals surface area contributed by atoms with E-state index in [1.807, 2.05) is 13.1 Å². The third-order valence-electron chi connectivity index (χ3n) is 3.08. The van der Waals surface area contributed by atoms with Crippen molar-refractivity contribution < 1.29 is 9.72 Å². The van der Waals surface area contributed by atoms with Gasteiger partial charge >= 0.3 is 0 Å². The Kier molecular flexibility index (Phi) is 5.11. The molecule has 0 saturated heterocycles. The number of hydrogen-bond acceptors (Lipinski definition) is 4. The van der Waals surface area contributed by atoms with Crippen LogP contribution in [0.3, 0.4) is 0 Å². The molecule has 1 amide bonds. The van der Waals surface area contributed by atoms with Gasteiger partial charge in [0.2, 0.25) is 5.91 Å². The number of amides is 1. The normalized spacial score (nSPS) is 10.5. The summed E-state index contributed by atoms with van der Waals surface area (Å²) in [6.45, 7) is 4.09. The highest BCUT2D eigenvalue weighted by atomic mass is 127. The molecule has 0 aliphatic heterocycles. The standard InChI is InChI=1S/C14H15IN4O3/c1-9-3-4-12(13(7-9)19(21)22)16-14(20)5-6-18-8-11(15)10(2)17-18/h3-4,7-8H,5-6H2,1-2H3,(H,16,20). The van der Waals surface area contributed by atoms with E-state index < -0.39 is 4.92 Å². The topological polar surface area (TPSA) is 90.1 Å². The quantitative estimate of drug-likeness (QED) is 0.463. The molecule has 0 aliphatic rings. The van der Waals surface area contributed by atoms with Crippen molar-refractivity contribution in [3.05, 3.63) is 49.3 Å². The molecule has 0 saturated carbocycles. The number of nitro groups is 1. The van der Waals surface area contributed by atoms with Gasteiger partial charge in [0.15, 0.2) is 0 Å². The van der Waals surface area contributed by atoms with Gasteiger partial charge in [-0.05, 0) is 48.1 Å². The van der Waals surface area contributed by atoms with Crippen molar-refractivity contribution >= 4 is 39.9 Å². The summed E-state index contributed by atoms with van der Waals surface area (Å²) in [7, 11) is 0. The number of carbonyl (C=O) groups excluding carboxylic acids is 1. The SMILES string of the molecule is Cc1ccc(NC(=O)CCn2cc(I)c(C)n2)c([N+](=O)[O-])c1. The number of rotatable bonds is 5. The van der Waals surface area contributed by atoms with E-state index in [1.165, 1.54) is 6.07 Å². The molecule has 1 N–H and O–H groups in total. The molecule has 116 valence electrons. The fraction of sp³-hybridized carbons (Fsp3) is 0.286. The molecule has 0 unspecified atom stereocenters. The van der Waals surface area contributed by atoms with Crippen LogP contribution >= 0.6 is 22.6 Å². The third kappa shape index (κ3) is 4.03. The fourth-order valence-corrected chi connectivity index (χ4v) is 2.36. The predicted octanol–water partition coefficient (Wildman–Crippen LogP) is 3.04. The van der Waals surface area contributed by atoms with E-state index in [0.717, 1.165) is 14.8 Å². The predicted molar refractivity (Wildman–Crippen MR) is 90.8 cm³/mol. The van der Waals surface area contributed by atoms with Crippen LogP contribution in [0.5, 0.6) is 0 Å². The molecule has 0 radical (unpaired) electrons. The lowest BCUT2D eigenvalue weighted by Crippen LogP contribution is -2.15. The minimum absolute atomic E-state index is 0.0992. The molecule has 8 heteroatoms. The van der Waals surface area contributed by atoms with Gasteiger partial charge in [0.05, 0.1) is 14.2 Å². The number of aromatic nitrogens is 2. The summed E-state index contributed by atoms with van der Waals surface area (Å²) in [4.78, 5) is 22.5. The van der Waals surface area contributed by atoms with Crippen molar-refractivity contribution in [2.75, 3.05) is 5.32 Å². The fourth-order valence-electron chi connectivity index (χ4n) is 1.94. The zero-order chi connectivity index (χ0) is 16.3. The molecule has 0 fully saturated rings. The minimum atomic E-state index is -0.498. The monoisotopic (exact) mass is 414 g/mol. The molecule has 2 rings (SSSR count). The van der Waals surface area contributed by atoms with Gasteiger partial charge in [0.25, 0.3) is 5.69 Å². The first kappa shape index (κ1) is 16.4. The lowest BCUT2D eigenvalue weighted by molar-refractivity contribution is -0.384. The summed E-state index contributed by atoms with van der Waals surface area (Å²) in [6, 6.07) is 4.71. The van der Waals surface area contributed by atoms with Crippen LogP contribution in [0.1, 0.15) is 17.7 Å². The highest BCUT2D eigenvalue weighted by Gasteiger charge is 2.16. The maximum atomic E-state index is 12.0. The van der Waals surface area contributed by atoms with Crippen LogP contribution in [0, 0.1) is 27.5 Å². The zero-order valence-electron chi connectivity index (χ0n) is 12.2. The Morgan fingerprint density at radius 1 is 1.45 bits per heavy atom. The van der Waals surface area contributed by atoms with E-state index in [2.05, 4.69) is 33.0 Å². The molecule has 0 spiro atoms. The first-order valence-electron chi connectivity index (χ1n) is 6.61. The number of anilines is 1. The van der Waals surface area contributed by atoms with Gasteiger partial charge in [-0.25, -0.2) is 0 Å². The smallest absolute Gasteiger partial charge is 0.293 e. The van der Waals surface area contributed by atoms with Crippen molar-refractivity contribution in [1.29, 1.82) is 0 Å². The van der Waals surface area contributed by atoms with Crippen LogP contribution < -0.4 is 5.32 Å². The maximum absolute atomic E-state index is 12.0. The van der Waals surface area contributed by atoms with E-state index >= 15 is 0 Å². The van der Waals surface area contributed by atoms with Crippen LogP contribution in [0.15, 0.2) is 24.4 Å². The van der Waals surface area contributed by atoms with Crippen molar-refractivity contribution in [2.24, 2.45) is 0 Å². The Balaban J connectivity index is 2.01. The Bertz CT molecular complexity index is 707. The summed E-state index contributed by atoms with van der Waals surface area (Å²) in [6.07, 6.45) is 2.06. The highest BCUT2D eigenvalue weighted by molar-refractivity contribution is 14.1. The van der Waals surface area contributed by atoms with Crippen LogP contribution in [-0.2, 0) is 11.3 Å². The summed E-state index contributed by atoms with van der Waals surface area (Å²) in [5, 5.41) is 17.9. The summed E-state index contributed by atoms with van der Waals surface area (Å²) in [5.74, 6) is -0.282. The van der Waals surface area contributed by atoms with E-state index in [0.29, 0.717) is 6.54 Å². The lowest BCUT2D eigenvalue weighted by Gasteiger charge is -2.07. The van der Waals surface area contributed by atoms with Crippen molar-refractivity contribution in [3.63, 3.8) is 0 Å². The number of hydrogen-bond donors (Lipinski definition) is 1. The molecule has 1 aromatic carbocycles. The van der Waals surface area contributed by atoms with Crippen molar-refractivity contribution in [2.45, 2.75) is 26.8 Å². The van der Waals surface area contributed by atoms with Gasteiger partial charge in [0, 0.05) is 25.2 Å². The number of carbonyl (C=O) groups is 1. The second kappa shape index (κ2) is 6.86. The molecular weight excluding hydrogens is 399 g/mol. The van der Waals surface area contributed by atoms with Gasteiger partial charge in [-0.15, -0.1) is 0 Å². The summed E-state index contributed by atoms with van der Waals surface area (Å²) in [5.41, 5.74) is 1.80. The number of nitro benzene ring substituents is 1.